The van der Waals surface area contributed by atoms with Crippen molar-refractivity contribution >= 4 is 40.8 Å². The van der Waals surface area contributed by atoms with E-state index in [2.05, 4.69) is 15.0 Å². The molecule has 3 heterocycles. The second-order valence-electron chi connectivity index (χ2n) is 9.65. The zero-order chi connectivity index (χ0) is 30.7. The number of thiazole rings is 1. The molecule has 0 N–H and O–H groups in total. The summed E-state index contributed by atoms with van der Waals surface area (Å²) in [6.07, 6.45) is 4.42. The van der Waals surface area contributed by atoms with Crippen LogP contribution in [-0.2, 0) is 9.53 Å². The topological polar surface area (TPSA) is 139 Å². The van der Waals surface area contributed by atoms with E-state index < -0.39 is 22.5 Å². The molecule has 4 aromatic rings. The summed E-state index contributed by atoms with van der Waals surface area (Å²) in [6.45, 7) is 7.60. The Bertz CT molecular complexity index is 1900. The van der Waals surface area contributed by atoms with E-state index >= 15 is 0 Å². The summed E-state index contributed by atoms with van der Waals surface area (Å²) >= 11 is 2.36. The maximum atomic E-state index is 14.1. The Hall–Kier alpha value is -4.62. The van der Waals surface area contributed by atoms with Gasteiger partial charge in [0.1, 0.15) is 5.75 Å². The van der Waals surface area contributed by atoms with Gasteiger partial charge in [-0.3, -0.25) is 19.5 Å². The van der Waals surface area contributed by atoms with E-state index in [0.29, 0.717) is 44.0 Å². The smallest absolute Gasteiger partial charge is 0.338 e. The highest BCUT2D eigenvalue weighted by Gasteiger charge is 2.34. The molecule has 0 unspecified atom stereocenters. The van der Waals surface area contributed by atoms with Crippen molar-refractivity contribution in [3.05, 3.63) is 113 Å². The zero-order valence-electron chi connectivity index (χ0n) is 23.7. The summed E-state index contributed by atoms with van der Waals surface area (Å²) in [5.74, 6) is 0.0911. The van der Waals surface area contributed by atoms with Crippen molar-refractivity contribution in [1.82, 2.24) is 14.5 Å². The monoisotopic (exact) mass is 617 g/mol. The summed E-state index contributed by atoms with van der Waals surface area (Å²) in [7, 11) is 0. The van der Waals surface area contributed by atoms with Crippen molar-refractivity contribution < 1.29 is 19.2 Å². The number of aromatic nitrogens is 3. The van der Waals surface area contributed by atoms with E-state index in [1.807, 2.05) is 19.1 Å². The molecule has 0 fully saturated rings. The van der Waals surface area contributed by atoms with Crippen LogP contribution in [0.25, 0.3) is 6.08 Å². The first-order chi connectivity index (χ1) is 20.7. The number of hydrogen-bond acceptors (Lipinski definition) is 11. The molecule has 0 saturated carbocycles. The van der Waals surface area contributed by atoms with Crippen molar-refractivity contribution in [2.24, 2.45) is 4.99 Å². The SMILES string of the molecule is CCOc1ccc([C@H]2C(C(=O)OC(C)C)=C(C)N=c3s/c(=C\c4cc([N+](=O)[O-])ccc4Sc4ncccn4)c(=O)n32)cc1. The average Bonchev–Trinajstić information content (AvgIpc) is 3.27. The van der Waals surface area contributed by atoms with Gasteiger partial charge < -0.3 is 9.47 Å². The minimum atomic E-state index is -0.808. The Morgan fingerprint density at radius 1 is 1.19 bits per heavy atom. The van der Waals surface area contributed by atoms with Gasteiger partial charge in [-0.2, -0.15) is 0 Å². The molecular weight excluding hydrogens is 590 g/mol. The van der Waals surface area contributed by atoms with Crippen LogP contribution in [0.2, 0.25) is 0 Å². The molecule has 5 rings (SSSR count). The normalized spacial score (nSPS) is 14.8. The van der Waals surface area contributed by atoms with Gasteiger partial charge in [0.15, 0.2) is 9.96 Å². The summed E-state index contributed by atoms with van der Waals surface area (Å²) in [6, 6.07) is 12.5. The van der Waals surface area contributed by atoms with E-state index in [1.165, 1.54) is 28.5 Å². The van der Waals surface area contributed by atoms with Crippen molar-refractivity contribution in [1.29, 1.82) is 0 Å². The molecule has 1 aliphatic rings. The van der Waals surface area contributed by atoms with Gasteiger partial charge in [-0.15, -0.1) is 0 Å². The van der Waals surface area contributed by atoms with Gasteiger partial charge in [0.2, 0.25) is 0 Å². The van der Waals surface area contributed by atoms with Crippen LogP contribution in [-0.4, -0.2) is 38.1 Å². The van der Waals surface area contributed by atoms with Crippen LogP contribution in [0.5, 0.6) is 5.75 Å². The third-order valence-electron chi connectivity index (χ3n) is 6.33. The number of benzene rings is 2. The summed E-state index contributed by atoms with van der Waals surface area (Å²) in [5.41, 5.74) is 1.29. The molecule has 0 amide bonds. The largest absolute Gasteiger partial charge is 0.494 e. The maximum absolute atomic E-state index is 14.1. The van der Waals surface area contributed by atoms with Gasteiger partial charge in [-0.25, -0.2) is 19.8 Å². The summed E-state index contributed by atoms with van der Waals surface area (Å²) < 4.78 is 12.9. The van der Waals surface area contributed by atoms with Gasteiger partial charge in [0.05, 0.1) is 39.5 Å². The fourth-order valence-corrected chi connectivity index (χ4v) is 6.35. The first kappa shape index (κ1) is 29.9. The highest BCUT2D eigenvalue weighted by molar-refractivity contribution is 7.99. The molecule has 13 heteroatoms. The van der Waals surface area contributed by atoms with Crippen LogP contribution in [0.1, 0.15) is 44.9 Å². The highest BCUT2D eigenvalue weighted by atomic mass is 32.2. The highest BCUT2D eigenvalue weighted by Crippen LogP contribution is 2.33. The molecule has 0 aliphatic carbocycles. The molecule has 1 aliphatic heterocycles. The molecular formula is C30H27N5O6S2. The summed E-state index contributed by atoms with van der Waals surface area (Å²) in [5, 5.41) is 12.1. The molecule has 2 aromatic heterocycles. The Morgan fingerprint density at radius 3 is 2.56 bits per heavy atom. The summed E-state index contributed by atoms with van der Waals surface area (Å²) in [4.78, 5) is 52.6. The molecule has 220 valence electrons. The number of fused-ring (bicyclic) bond motifs is 1. The van der Waals surface area contributed by atoms with Crippen LogP contribution in [0, 0.1) is 10.1 Å². The lowest BCUT2D eigenvalue weighted by atomic mass is 9.96. The molecule has 0 bridgehead atoms. The van der Waals surface area contributed by atoms with Crippen LogP contribution < -0.4 is 19.6 Å². The maximum Gasteiger partial charge on any atom is 0.338 e. The van der Waals surface area contributed by atoms with Gasteiger partial charge in [-0.05, 0) is 80.9 Å². The lowest BCUT2D eigenvalue weighted by Crippen LogP contribution is -2.40. The average molecular weight is 618 g/mol. The number of nitro groups is 1. The first-order valence-electron chi connectivity index (χ1n) is 13.4. The van der Waals surface area contributed by atoms with Crippen LogP contribution >= 0.6 is 23.1 Å². The number of carbonyl (C=O) groups excluding carboxylic acids is 1. The fourth-order valence-electron chi connectivity index (χ4n) is 4.52. The van der Waals surface area contributed by atoms with Crippen LogP contribution in [0.3, 0.4) is 0 Å². The molecule has 2 aromatic carbocycles. The lowest BCUT2D eigenvalue weighted by molar-refractivity contribution is -0.384. The standard InChI is InChI=1S/C30H27N5O6S2/c1-5-40-22-10-7-19(8-11-22)26-25(28(37)41-17(2)3)18(4)33-30-34(26)27(36)24(43-30)16-20-15-21(35(38)39)9-12-23(20)42-29-31-13-6-14-32-29/h6-17,26H,5H2,1-4H3/b24-16-/t26-/m0/s1. The number of allylic oxidation sites excluding steroid dienone is 1. The quantitative estimate of drug-likeness (QED) is 0.115. The molecule has 11 nitrogen and oxygen atoms in total. The minimum Gasteiger partial charge on any atom is -0.494 e. The Kier molecular flexibility index (Phi) is 8.83. The van der Waals surface area contributed by atoms with Gasteiger partial charge in [0, 0.05) is 29.4 Å². The predicted octanol–water partition coefficient (Wildman–Crippen LogP) is 4.43. The second-order valence-corrected chi connectivity index (χ2v) is 11.7. The second kappa shape index (κ2) is 12.7. The number of carbonyl (C=O) groups is 1. The van der Waals surface area contributed by atoms with Crippen molar-refractivity contribution in [3.8, 4) is 5.75 Å². The molecule has 43 heavy (non-hydrogen) atoms. The number of nitrogens with zero attached hydrogens (tertiary/aromatic N) is 5. The van der Waals surface area contributed by atoms with Gasteiger partial charge >= 0.3 is 5.97 Å². The number of ether oxygens (including phenoxy) is 2. The number of esters is 1. The molecule has 1 atom stereocenters. The Balaban J connectivity index is 1.69. The predicted molar refractivity (Wildman–Crippen MR) is 162 cm³/mol. The zero-order valence-corrected chi connectivity index (χ0v) is 25.3. The lowest BCUT2D eigenvalue weighted by Gasteiger charge is -2.25. The fraction of sp³-hybridized carbons (Fsp3) is 0.233. The van der Waals surface area contributed by atoms with E-state index in [0.717, 1.165) is 11.3 Å². The van der Waals surface area contributed by atoms with Gasteiger partial charge in [-0.1, -0.05) is 23.5 Å². The van der Waals surface area contributed by atoms with Crippen LogP contribution in [0.4, 0.5) is 5.69 Å². The Morgan fingerprint density at radius 2 is 1.91 bits per heavy atom. The molecule has 0 spiro atoms. The third-order valence-corrected chi connectivity index (χ3v) is 8.29. The number of rotatable bonds is 9. The van der Waals surface area contributed by atoms with E-state index in [4.69, 9.17) is 9.47 Å². The van der Waals surface area contributed by atoms with Crippen molar-refractivity contribution in [2.75, 3.05) is 6.61 Å². The molecule has 0 radical (unpaired) electrons. The van der Waals surface area contributed by atoms with Crippen molar-refractivity contribution in [2.45, 2.75) is 49.9 Å². The van der Waals surface area contributed by atoms with Crippen molar-refractivity contribution in [3.63, 3.8) is 0 Å². The van der Waals surface area contributed by atoms with Gasteiger partial charge in [0.25, 0.3) is 11.2 Å². The number of nitro benzene ring substituents is 1. The minimum absolute atomic E-state index is 0.126. The van der Waals surface area contributed by atoms with Crippen LogP contribution in [0.15, 0.2) is 92.0 Å². The third kappa shape index (κ3) is 6.42. The number of non-ortho nitro benzene ring substituents is 1. The number of hydrogen-bond donors (Lipinski definition) is 0. The first-order valence-corrected chi connectivity index (χ1v) is 15.0. The van der Waals surface area contributed by atoms with E-state index in [-0.39, 0.29) is 21.9 Å². The van der Waals surface area contributed by atoms with E-state index in [9.17, 15) is 19.7 Å². The molecule has 0 saturated heterocycles. The Labute approximate surface area is 254 Å². The van der Waals surface area contributed by atoms with E-state index in [1.54, 1.807) is 63.5 Å².